The summed E-state index contributed by atoms with van der Waals surface area (Å²) in [5.41, 5.74) is 1.23. The van der Waals surface area contributed by atoms with E-state index >= 15 is 0 Å². The van der Waals surface area contributed by atoms with Crippen molar-refractivity contribution in [3.05, 3.63) is 44.8 Å². The van der Waals surface area contributed by atoms with Crippen LogP contribution in [0.5, 0.6) is 0 Å². The van der Waals surface area contributed by atoms with Gasteiger partial charge in [0.05, 0.1) is 10.9 Å². The molecule has 3 rings (SSSR count). The normalized spacial score (nSPS) is 17.6. The molecule has 0 bridgehead atoms. The van der Waals surface area contributed by atoms with Crippen LogP contribution in [0.15, 0.2) is 34.3 Å². The highest BCUT2D eigenvalue weighted by atomic mass is 32.1. The van der Waals surface area contributed by atoms with Gasteiger partial charge in [0.1, 0.15) is 0 Å². The van der Waals surface area contributed by atoms with Gasteiger partial charge in [0.15, 0.2) is 0 Å². The zero-order valence-electron chi connectivity index (χ0n) is 12.2. The molecule has 1 aliphatic rings. The van der Waals surface area contributed by atoms with Crippen molar-refractivity contribution in [3.8, 4) is 0 Å². The van der Waals surface area contributed by atoms with Crippen LogP contribution in [-0.4, -0.2) is 29.8 Å². The highest BCUT2D eigenvalue weighted by molar-refractivity contribution is 7.12. The molecule has 2 aromatic heterocycles. The second-order valence-corrected chi connectivity index (χ2v) is 7.01. The molecule has 1 fully saturated rings. The van der Waals surface area contributed by atoms with E-state index < -0.39 is 0 Å². The molecular formula is C16H18N2O2S2. The van der Waals surface area contributed by atoms with Gasteiger partial charge in [-0.25, -0.2) is 0 Å². The fourth-order valence-electron chi connectivity index (χ4n) is 2.80. The molecule has 1 unspecified atom stereocenters. The average Bonchev–Trinajstić information content (AvgIpc) is 3.26. The molecule has 1 saturated heterocycles. The lowest BCUT2D eigenvalue weighted by Crippen LogP contribution is -2.34. The Kier molecular flexibility index (Phi) is 4.90. The Hall–Kier alpha value is -1.66. The summed E-state index contributed by atoms with van der Waals surface area (Å²) in [6.45, 7) is 1.21. The minimum absolute atomic E-state index is 0.0985. The number of hydrogen-bond donors (Lipinski definition) is 1. The van der Waals surface area contributed by atoms with Crippen LogP contribution in [0.1, 0.15) is 40.5 Å². The van der Waals surface area contributed by atoms with Gasteiger partial charge in [-0.1, -0.05) is 6.07 Å². The molecule has 2 amide bonds. The Morgan fingerprint density at radius 2 is 2.23 bits per heavy atom. The van der Waals surface area contributed by atoms with Gasteiger partial charge in [-0.05, 0) is 46.7 Å². The van der Waals surface area contributed by atoms with Gasteiger partial charge >= 0.3 is 0 Å². The molecule has 0 radical (unpaired) electrons. The zero-order valence-corrected chi connectivity index (χ0v) is 13.8. The first-order valence-electron chi connectivity index (χ1n) is 7.39. The predicted octanol–water partition coefficient (Wildman–Crippen LogP) is 3.29. The van der Waals surface area contributed by atoms with Crippen molar-refractivity contribution in [1.82, 2.24) is 10.2 Å². The SMILES string of the molecule is O=C(NCCC(=O)N1CCCC1c1ccsc1)c1cccs1. The lowest BCUT2D eigenvalue weighted by atomic mass is 10.1. The van der Waals surface area contributed by atoms with Crippen molar-refractivity contribution in [2.24, 2.45) is 0 Å². The molecule has 116 valence electrons. The number of amides is 2. The summed E-state index contributed by atoms with van der Waals surface area (Å²) < 4.78 is 0. The van der Waals surface area contributed by atoms with Crippen molar-refractivity contribution >= 4 is 34.5 Å². The molecule has 3 heterocycles. The number of hydrogen-bond acceptors (Lipinski definition) is 4. The maximum absolute atomic E-state index is 12.4. The van der Waals surface area contributed by atoms with E-state index in [1.165, 1.54) is 16.9 Å². The monoisotopic (exact) mass is 334 g/mol. The van der Waals surface area contributed by atoms with Crippen LogP contribution in [0.4, 0.5) is 0 Å². The second-order valence-electron chi connectivity index (χ2n) is 5.29. The molecule has 1 aliphatic heterocycles. The summed E-state index contributed by atoms with van der Waals surface area (Å²) in [6.07, 6.45) is 2.44. The summed E-state index contributed by atoms with van der Waals surface area (Å²) in [5.74, 6) is 0.0267. The van der Waals surface area contributed by atoms with Crippen LogP contribution >= 0.6 is 22.7 Å². The van der Waals surface area contributed by atoms with Gasteiger partial charge < -0.3 is 10.2 Å². The maximum atomic E-state index is 12.4. The van der Waals surface area contributed by atoms with Crippen molar-refractivity contribution < 1.29 is 9.59 Å². The molecule has 22 heavy (non-hydrogen) atoms. The molecule has 0 aliphatic carbocycles. The summed E-state index contributed by atoms with van der Waals surface area (Å²) in [7, 11) is 0. The molecule has 1 atom stereocenters. The van der Waals surface area contributed by atoms with Gasteiger partial charge in [-0.15, -0.1) is 11.3 Å². The van der Waals surface area contributed by atoms with Crippen LogP contribution in [0.25, 0.3) is 0 Å². The van der Waals surface area contributed by atoms with Crippen LogP contribution in [0.3, 0.4) is 0 Å². The van der Waals surface area contributed by atoms with Crippen LogP contribution in [-0.2, 0) is 4.79 Å². The number of carbonyl (C=O) groups is 2. The van der Waals surface area contributed by atoms with Gasteiger partial charge in [0.2, 0.25) is 5.91 Å². The number of nitrogens with one attached hydrogen (secondary N) is 1. The van der Waals surface area contributed by atoms with Gasteiger partial charge in [0.25, 0.3) is 5.91 Å². The smallest absolute Gasteiger partial charge is 0.261 e. The van der Waals surface area contributed by atoms with Gasteiger partial charge in [0, 0.05) is 19.5 Å². The number of rotatable bonds is 5. The molecule has 0 spiro atoms. The van der Waals surface area contributed by atoms with E-state index in [0.29, 0.717) is 17.8 Å². The number of thiophene rings is 2. The minimum atomic E-state index is -0.0985. The van der Waals surface area contributed by atoms with Crippen LogP contribution in [0, 0.1) is 0 Å². The molecule has 1 N–H and O–H groups in total. The van der Waals surface area contributed by atoms with Crippen LogP contribution in [0.2, 0.25) is 0 Å². The number of carbonyl (C=O) groups excluding carboxylic acids is 2. The Morgan fingerprint density at radius 3 is 2.95 bits per heavy atom. The van der Waals surface area contributed by atoms with Crippen molar-refractivity contribution in [3.63, 3.8) is 0 Å². The fourth-order valence-corrected chi connectivity index (χ4v) is 4.14. The van der Waals surface area contributed by atoms with E-state index in [9.17, 15) is 9.59 Å². The largest absolute Gasteiger partial charge is 0.351 e. The van der Waals surface area contributed by atoms with E-state index in [1.807, 2.05) is 16.3 Å². The Balaban J connectivity index is 1.50. The molecule has 6 heteroatoms. The third-order valence-electron chi connectivity index (χ3n) is 3.87. The predicted molar refractivity (Wildman–Crippen MR) is 89.3 cm³/mol. The third-order valence-corrected chi connectivity index (χ3v) is 5.44. The highest BCUT2D eigenvalue weighted by Crippen LogP contribution is 2.33. The van der Waals surface area contributed by atoms with E-state index in [0.717, 1.165) is 19.4 Å². The minimum Gasteiger partial charge on any atom is -0.351 e. The number of nitrogens with zero attached hydrogens (tertiary/aromatic N) is 1. The molecule has 4 nitrogen and oxygen atoms in total. The molecule has 2 aromatic rings. The summed E-state index contributed by atoms with van der Waals surface area (Å²) in [5, 5.41) is 8.86. The summed E-state index contributed by atoms with van der Waals surface area (Å²) >= 11 is 3.07. The molecule has 0 saturated carbocycles. The van der Waals surface area contributed by atoms with Crippen molar-refractivity contribution in [1.29, 1.82) is 0 Å². The Labute approximate surface area is 137 Å². The highest BCUT2D eigenvalue weighted by Gasteiger charge is 2.29. The van der Waals surface area contributed by atoms with E-state index in [4.69, 9.17) is 0 Å². The quantitative estimate of drug-likeness (QED) is 0.912. The zero-order chi connectivity index (χ0) is 15.4. The summed E-state index contributed by atoms with van der Waals surface area (Å²) in [6, 6.07) is 5.95. The Morgan fingerprint density at radius 1 is 1.32 bits per heavy atom. The second kappa shape index (κ2) is 7.07. The first-order valence-corrected chi connectivity index (χ1v) is 9.21. The van der Waals surface area contributed by atoms with Gasteiger partial charge in [-0.3, -0.25) is 9.59 Å². The third kappa shape index (κ3) is 3.39. The molecular weight excluding hydrogens is 316 g/mol. The van der Waals surface area contributed by atoms with E-state index in [-0.39, 0.29) is 17.9 Å². The average molecular weight is 334 g/mol. The standard InChI is InChI=1S/C16H18N2O2S2/c19-15(5-7-17-16(20)14-4-2-9-22-14)18-8-1-3-13(18)12-6-10-21-11-12/h2,4,6,9-11,13H,1,3,5,7-8H2,(H,17,20). The van der Waals surface area contributed by atoms with Gasteiger partial charge in [-0.2, -0.15) is 11.3 Å². The van der Waals surface area contributed by atoms with Crippen LogP contribution < -0.4 is 5.32 Å². The van der Waals surface area contributed by atoms with E-state index in [2.05, 4.69) is 22.1 Å². The number of likely N-dealkylation sites (tertiary alicyclic amines) is 1. The van der Waals surface area contributed by atoms with Crippen molar-refractivity contribution in [2.75, 3.05) is 13.1 Å². The topological polar surface area (TPSA) is 49.4 Å². The molecule has 0 aromatic carbocycles. The lowest BCUT2D eigenvalue weighted by molar-refractivity contribution is -0.132. The first-order chi connectivity index (χ1) is 10.8. The Bertz CT molecular complexity index is 623. The fraction of sp³-hybridized carbons (Fsp3) is 0.375. The first kappa shape index (κ1) is 15.2. The lowest BCUT2D eigenvalue weighted by Gasteiger charge is -2.24. The van der Waals surface area contributed by atoms with Crippen molar-refractivity contribution in [2.45, 2.75) is 25.3 Å². The summed E-state index contributed by atoms with van der Waals surface area (Å²) in [4.78, 5) is 26.9. The maximum Gasteiger partial charge on any atom is 0.261 e. The van der Waals surface area contributed by atoms with E-state index in [1.54, 1.807) is 17.4 Å².